The maximum atomic E-state index is 3.22. The molecule has 15 heavy (non-hydrogen) atoms. The van der Waals surface area contributed by atoms with Gasteiger partial charge in [-0.25, -0.2) is 10.9 Å². The van der Waals surface area contributed by atoms with Gasteiger partial charge in [-0.1, -0.05) is 0 Å². The van der Waals surface area contributed by atoms with Gasteiger partial charge in [0.1, 0.15) is 0 Å². The summed E-state index contributed by atoms with van der Waals surface area (Å²) in [7, 11) is 0. The quantitative estimate of drug-likeness (QED) is 0.0883. The summed E-state index contributed by atoms with van der Waals surface area (Å²) in [6.45, 7) is 5.76. The highest BCUT2D eigenvalue weighted by molar-refractivity contribution is 4.84. The van der Waals surface area contributed by atoms with Crippen LogP contribution < -0.4 is 37.7 Å². The van der Waals surface area contributed by atoms with Gasteiger partial charge in [-0.05, 0) is 0 Å². The fourth-order valence-electron chi connectivity index (χ4n) is 1.16. The summed E-state index contributed by atoms with van der Waals surface area (Å²) < 4.78 is 0. The van der Waals surface area contributed by atoms with E-state index in [0.29, 0.717) is 12.1 Å². The highest BCUT2D eigenvalue weighted by Gasteiger charge is 2.18. The van der Waals surface area contributed by atoms with E-state index in [2.05, 4.69) is 37.7 Å². The van der Waals surface area contributed by atoms with Gasteiger partial charge in [-0.15, -0.1) is 0 Å². The van der Waals surface area contributed by atoms with Crippen molar-refractivity contribution in [3.05, 3.63) is 0 Å². The zero-order chi connectivity index (χ0) is 10.3. The first kappa shape index (κ1) is 11.2. The summed E-state index contributed by atoms with van der Waals surface area (Å²) in [5, 5.41) is 9.62. The van der Waals surface area contributed by atoms with Gasteiger partial charge >= 0.3 is 0 Å². The molecule has 7 heteroatoms. The number of hydrogen-bond acceptors (Lipinski definition) is 7. The first-order valence-corrected chi connectivity index (χ1v) is 5.54. The Balaban J connectivity index is 1.23. The summed E-state index contributed by atoms with van der Waals surface area (Å²) in [6.07, 6.45) is 0. The van der Waals surface area contributed by atoms with Gasteiger partial charge in [0.2, 0.25) is 0 Å². The Morgan fingerprint density at radius 1 is 0.800 bits per heavy atom. The van der Waals surface area contributed by atoms with E-state index in [1.807, 2.05) is 0 Å². The van der Waals surface area contributed by atoms with Gasteiger partial charge in [-0.3, -0.25) is 16.2 Å². The Morgan fingerprint density at radius 3 is 1.67 bits per heavy atom. The second-order valence-electron chi connectivity index (χ2n) is 3.93. The third kappa shape index (κ3) is 6.00. The van der Waals surface area contributed by atoms with Crippen LogP contribution in [-0.4, -0.2) is 51.6 Å². The average Bonchev–Trinajstić information content (AvgIpc) is 3.10. The van der Waals surface area contributed by atoms with Gasteiger partial charge in [0.25, 0.3) is 0 Å². The standard InChI is InChI=1S/C8H21N7/c1-7(10-1)3-12-14-5-9-6-15-13-4-8-2-11-8/h7-15H,1-6H2. The summed E-state index contributed by atoms with van der Waals surface area (Å²) in [4.78, 5) is 0. The zero-order valence-electron chi connectivity index (χ0n) is 8.90. The molecule has 0 aromatic carbocycles. The maximum Gasteiger partial charge on any atom is 0.0599 e. The molecule has 7 N–H and O–H groups in total. The van der Waals surface area contributed by atoms with Gasteiger partial charge < -0.3 is 10.6 Å². The van der Waals surface area contributed by atoms with Crippen molar-refractivity contribution < 1.29 is 0 Å². The largest absolute Gasteiger partial charge is 0.310 e. The van der Waals surface area contributed by atoms with Crippen molar-refractivity contribution in [3.8, 4) is 0 Å². The molecule has 0 spiro atoms. The van der Waals surface area contributed by atoms with Crippen molar-refractivity contribution in [1.82, 2.24) is 37.7 Å². The van der Waals surface area contributed by atoms with E-state index in [4.69, 9.17) is 0 Å². The van der Waals surface area contributed by atoms with Gasteiger partial charge in [0.05, 0.1) is 13.3 Å². The van der Waals surface area contributed by atoms with Crippen LogP contribution in [0.5, 0.6) is 0 Å². The SMILES string of the molecule is C(NCNNCC1CN1)NNCC1CN1. The highest BCUT2D eigenvalue weighted by atomic mass is 15.4. The van der Waals surface area contributed by atoms with E-state index in [9.17, 15) is 0 Å². The van der Waals surface area contributed by atoms with Crippen LogP contribution in [0.3, 0.4) is 0 Å². The Bertz CT molecular complexity index is 150. The van der Waals surface area contributed by atoms with E-state index in [1.54, 1.807) is 0 Å². The van der Waals surface area contributed by atoms with Crippen molar-refractivity contribution in [2.24, 2.45) is 0 Å². The molecule has 2 rings (SSSR count). The normalized spacial score (nSPS) is 28.0. The molecule has 2 fully saturated rings. The molecule has 0 amide bonds. The highest BCUT2D eigenvalue weighted by Crippen LogP contribution is 1.91. The number of nitrogens with one attached hydrogen (secondary N) is 7. The molecule has 2 unspecified atom stereocenters. The van der Waals surface area contributed by atoms with Crippen LogP contribution in [-0.2, 0) is 0 Å². The van der Waals surface area contributed by atoms with Crippen LogP contribution in [0.15, 0.2) is 0 Å². The molecule has 0 aliphatic carbocycles. The first-order chi connectivity index (χ1) is 7.45. The molecule has 7 nitrogen and oxygen atoms in total. The van der Waals surface area contributed by atoms with Gasteiger partial charge in [-0.2, -0.15) is 0 Å². The molecule has 88 valence electrons. The molecule has 2 aliphatic rings. The summed E-state index contributed by atoms with van der Waals surface area (Å²) in [5.74, 6) is 0. The van der Waals surface area contributed by atoms with Crippen molar-refractivity contribution >= 4 is 0 Å². The second-order valence-corrected chi connectivity index (χ2v) is 3.93. The third-order valence-electron chi connectivity index (χ3n) is 2.36. The molecular weight excluding hydrogens is 194 g/mol. The fraction of sp³-hybridized carbons (Fsp3) is 1.00. The Kier molecular flexibility index (Phi) is 4.74. The lowest BCUT2D eigenvalue weighted by atomic mass is 10.5. The zero-order valence-corrected chi connectivity index (χ0v) is 8.90. The molecule has 0 aromatic heterocycles. The van der Waals surface area contributed by atoms with Crippen LogP contribution in [0, 0.1) is 0 Å². The predicted molar refractivity (Wildman–Crippen MR) is 58.7 cm³/mol. The summed E-state index contributed by atoms with van der Waals surface area (Å²) in [6, 6.07) is 1.34. The topological polar surface area (TPSA) is 104 Å². The minimum atomic E-state index is 0.670. The number of rotatable bonds is 10. The molecule has 2 heterocycles. The lowest BCUT2D eigenvalue weighted by molar-refractivity contribution is 0.439. The average molecular weight is 215 g/mol. The molecule has 2 saturated heterocycles. The minimum Gasteiger partial charge on any atom is -0.310 e. The third-order valence-corrected chi connectivity index (χ3v) is 2.36. The molecule has 0 saturated carbocycles. The molecular formula is C8H21N7. The van der Waals surface area contributed by atoms with Crippen LogP contribution in [0.2, 0.25) is 0 Å². The van der Waals surface area contributed by atoms with E-state index in [0.717, 1.165) is 39.5 Å². The molecule has 0 bridgehead atoms. The molecule has 0 radical (unpaired) electrons. The summed E-state index contributed by atoms with van der Waals surface area (Å²) >= 11 is 0. The van der Waals surface area contributed by atoms with Crippen LogP contribution >= 0.6 is 0 Å². The number of hydrazine groups is 2. The van der Waals surface area contributed by atoms with E-state index in [-0.39, 0.29) is 0 Å². The van der Waals surface area contributed by atoms with E-state index < -0.39 is 0 Å². The molecule has 2 atom stereocenters. The first-order valence-electron chi connectivity index (χ1n) is 5.54. The predicted octanol–water partition coefficient (Wildman–Crippen LogP) is -3.38. The smallest absolute Gasteiger partial charge is 0.0599 e. The van der Waals surface area contributed by atoms with Crippen molar-refractivity contribution in [2.45, 2.75) is 12.1 Å². The van der Waals surface area contributed by atoms with E-state index in [1.165, 1.54) is 0 Å². The van der Waals surface area contributed by atoms with Crippen molar-refractivity contribution in [3.63, 3.8) is 0 Å². The Morgan fingerprint density at radius 2 is 1.27 bits per heavy atom. The number of hydrogen-bond donors (Lipinski definition) is 7. The van der Waals surface area contributed by atoms with Gasteiger partial charge in [0, 0.05) is 38.3 Å². The van der Waals surface area contributed by atoms with E-state index >= 15 is 0 Å². The molecule has 2 aliphatic heterocycles. The second kappa shape index (κ2) is 6.33. The Labute approximate surface area is 90.1 Å². The van der Waals surface area contributed by atoms with Crippen molar-refractivity contribution in [1.29, 1.82) is 0 Å². The minimum absolute atomic E-state index is 0.670. The van der Waals surface area contributed by atoms with Crippen LogP contribution in [0.25, 0.3) is 0 Å². The van der Waals surface area contributed by atoms with Crippen LogP contribution in [0.4, 0.5) is 0 Å². The van der Waals surface area contributed by atoms with Gasteiger partial charge in [0.15, 0.2) is 0 Å². The lowest BCUT2D eigenvalue weighted by Crippen LogP contribution is -2.47. The monoisotopic (exact) mass is 215 g/mol. The lowest BCUT2D eigenvalue weighted by Gasteiger charge is -2.09. The van der Waals surface area contributed by atoms with Crippen molar-refractivity contribution in [2.75, 3.05) is 39.5 Å². The summed E-state index contributed by atoms with van der Waals surface area (Å²) in [5.41, 5.74) is 12.4. The molecule has 0 aromatic rings. The maximum absolute atomic E-state index is 3.22. The van der Waals surface area contributed by atoms with Crippen LogP contribution in [0.1, 0.15) is 0 Å². The fourth-order valence-corrected chi connectivity index (χ4v) is 1.16. The Hall–Kier alpha value is -0.280.